The first kappa shape index (κ1) is 18.3. The molecule has 0 saturated carbocycles. The molecule has 1 heterocycles. The van der Waals surface area contributed by atoms with Crippen LogP contribution in [0.25, 0.3) is 0 Å². The molecule has 1 aromatic rings. The lowest BCUT2D eigenvalue weighted by atomic mass is 9.90. The number of aliphatic carboxylic acids is 1. The lowest BCUT2D eigenvalue weighted by molar-refractivity contribution is -0.147. The second-order valence-electron chi connectivity index (χ2n) is 6.07. The van der Waals surface area contributed by atoms with Crippen molar-refractivity contribution in [3.8, 4) is 0 Å². The van der Waals surface area contributed by atoms with Crippen molar-refractivity contribution in [1.29, 1.82) is 0 Å². The van der Waals surface area contributed by atoms with Gasteiger partial charge in [-0.1, -0.05) is 15.9 Å². The zero-order valence-corrected chi connectivity index (χ0v) is 14.9. The standard InChI is InChI=1S/C16H20BrN3O4/c1-16(14(22)23)7-9-20(10-16)15(24)18-8-6-13(21)19-12-4-2-11(17)3-5-12/h2-5H,6-10H2,1H3,(H,18,24)(H,19,21)(H,22,23). The number of carboxylic acids is 1. The summed E-state index contributed by atoms with van der Waals surface area (Å²) < 4.78 is 0.923. The van der Waals surface area contributed by atoms with Crippen molar-refractivity contribution in [1.82, 2.24) is 10.2 Å². The van der Waals surface area contributed by atoms with Crippen molar-refractivity contribution in [3.63, 3.8) is 0 Å². The number of hydrogen-bond donors (Lipinski definition) is 3. The summed E-state index contributed by atoms with van der Waals surface area (Å²) in [4.78, 5) is 36.5. The van der Waals surface area contributed by atoms with Gasteiger partial charge in [0.25, 0.3) is 0 Å². The first-order valence-corrected chi connectivity index (χ1v) is 8.41. The lowest BCUT2D eigenvalue weighted by Crippen LogP contribution is -2.41. The summed E-state index contributed by atoms with van der Waals surface area (Å²) in [6, 6.07) is 6.86. The monoisotopic (exact) mass is 397 g/mol. The fourth-order valence-corrected chi connectivity index (χ4v) is 2.72. The average Bonchev–Trinajstić information content (AvgIpc) is 2.93. The number of amides is 3. The summed E-state index contributed by atoms with van der Waals surface area (Å²) in [5.74, 6) is -1.10. The molecule has 1 atom stereocenters. The Hall–Kier alpha value is -2.09. The van der Waals surface area contributed by atoms with Crippen LogP contribution in [0.4, 0.5) is 10.5 Å². The fraction of sp³-hybridized carbons (Fsp3) is 0.438. The zero-order valence-electron chi connectivity index (χ0n) is 13.3. The third-order valence-electron chi connectivity index (χ3n) is 4.03. The van der Waals surface area contributed by atoms with Gasteiger partial charge in [-0.15, -0.1) is 0 Å². The van der Waals surface area contributed by atoms with Crippen LogP contribution in [0.1, 0.15) is 19.8 Å². The Bertz CT molecular complexity index is 635. The highest BCUT2D eigenvalue weighted by atomic mass is 79.9. The number of nitrogens with zero attached hydrogens (tertiary/aromatic N) is 1. The first-order valence-electron chi connectivity index (χ1n) is 7.62. The maximum atomic E-state index is 12.0. The highest BCUT2D eigenvalue weighted by Gasteiger charge is 2.42. The normalized spacial score (nSPS) is 19.8. The predicted octanol–water partition coefficient (Wildman–Crippen LogP) is 2.28. The van der Waals surface area contributed by atoms with Crippen LogP contribution in [0.3, 0.4) is 0 Å². The summed E-state index contributed by atoms with van der Waals surface area (Å²) in [7, 11) is 0. The number of anilines is 1. The smallest absolute Gasteiger partial charge is 0.317 e. The minimum Gasteiger partial charge on any atom is -0.481 e. The van der Waals surface area contributed by atoms with E-state index in [1.54, 1.807) is 19.1 Å². The van der Waals surface area contributed by atoms with E-state index >= 15 is 0 Å². The lowest BCUT2D eigenvalue weighted by Gasteiger charge is -2.20. The Morgan fingerprint density at radius 3 is 2.54 bits per heavy atom. The summed E-state index contributed by atoms with van der Waals surface area (Å²) in [5, 5.41) is 14.6. The van der Waals surface area contributed by atoms with Gasteiger partial charge in [0.05, 0.1) is 5.41 Å². The molecule has 0 spiro atoms. The van der Waals surface area contributed by atoms with Gasteiger partial charge in [0, 0.05) is 36.2 Å². The molecule has 24 heavy (non-hydrogen) atoms. The van der Waals surface area contributed by atoms with Gasteiger partial charge in [-0.25, -0.2) is 4.79 Å². The van der Waals surface area contributed by atoms with Crippen LogP contribution in [-0.4, -0.2) is 47.5 Å². The van der Waals surface area contributed by atoms with E-state index in [-0.39, 0.29) is 31.4 Å². The van der Waals surface area contributed by atoms with Crippen LogP contribution in [-0.2, 0) is 9.59 Å². The van der Waals surface area contributed by atoms with Gasteiger partial charge < -0.3 is 20.6 Å². The summed E-state index contributed by atoms with van der Waals surface area (Å²) in [5.41, 5.74) is -0.206. The number of benzene rings is 1. The van der Waals surface area contributed by atoms with E-state index in [0.717, 1.165) is 4.47 Å². The molecule has 1 aliphatic rings. The number of nitrogens with one attached hydrogen (secondary N) is 2. The molecule has 1 saturated heterocycles. The van der Waals surface area contributed by atoms with Gasteiger partial charge in [-0.2, -0.15) is 0 Å². The molecule has 130 valence electrons. The van der Waals surface area contributed by atoms with Gasteiger partial charge in [0.1, 0.15) is 0 Å². The van der Waals surface area contributed by atoms with Crippen LogP contribution < -0.4 is 10.6 Å². The maximum absolute atomic E-state index is 12.0. The van der Waals surface area contributed by atoms with Crippen LogP contribution >= 0.6 is 15.9 Å². The Balaban J connectivity index is 1.72. The van der Waals surface area contributed by atoms with Crippen molar-refractivity contribution in [2.24, 2.45) is 5.41 Å². The van der Waals surface area contributed by atoms with Gasteiger partial charge >= 0.3 is 12.0 Å². The molecular formula is C16H20BrN3O4. The molecule has 7 nitrogen and oxygen atoms in total. The number of carbonyl (C=O) groups excluding carboxylic acids is 2. The van der Waals surface area contributed by atoms with Crippen molar-refractivity contribution in [3.05, 3.63) is 28.7 Å². The molecule has 0 aliphatic carbocycles. The van der Waals surface area contributed by atoms with Crippen LogP contribution in [0, 0.1) is 5.41 Å². The highest BCUT2D eigenvalue weighted by Crippen LogP contribution is 2.29. The van der Waals surface area contributed by atoms with Gasteiger partial charge in [-0.3, -0.25) is 9.59 Å². The third kappa shape index (κ3) is 4.70. The Morgan fingerprint density at radius 1 is 1.29 bits per heavy atom. The summed E-state index contributed by atoms with van der Waals surface area (Å²) in [6.45, 7) is 2.41. The summed E-state index contributed by atoms with van der Waals surface area (Å²) in [6.07, 6.45) is 0.575. The van der Waals surface area contributed by atoms with Crippen molar-refractivity contribution in [2.45, 2.75) is 19.8 Å². The quantitative estimate of drug-likeness (QED) is 0.709. The first-order chi connectivity index (χ1) is 11.3. The van der Waals surface area contributed by atoms with E-state index in [1.165, 1.54) is 4.90 Å². The predicted molar refractivity (Wildman–Crippen MR) is 92.7 cm³/mol. The van der Waals surface area contributed by atoms with Crippen molar-refractivity contribution < 1.29 is 19.5 Å². The van der Waals surface area contributed by atoms with Crippen LogP contribution in [0.2, 0.25) is 0 Å². The molecule has 8 heteroatoms. The molecule has 3 amide bonds. The number of likely N-dealkylation sites (tertiary alicyclic amines) is 1. The Labute approximate surface area is 148 Å². The summed E-state index contributed by atoms with van der Waals surface area (Å²) >= 11 is 3.32. The number of carbonyl (C=O) groups is 3. The average molecular weight is 398 g/mol. The topological polar surface area (TPSA) is 98.7 Å². The molecule has 1 aliphatic heterocycles. The van der Waals surface area contributed by atoms with E-state index in [1.807, 2.05) is 12.1 Å². The fourth-order valence-electron chi connectivity index (χ4n) is 2.46. The maximum Gasteiger partial charge on any atom is 0.317 e. The molecular weight excluding hydrogens is 378 g/mol. The number of rotatable bonds is 5. The van der Waals surface area contributed by atoms with Crippen molar-refractivity contribution >= 4 is 39.5 Å². The molecule has 0 aromatic heterocycles. The van der Waals surface area contributed by atoms with Gasteiger partial charge in [0.2, 0.25) is 5.91 Å². The van der Waals surface area contributed by atoms with Gasteiger partial charge in [0.15, 0.2) is 0 Å². The molecule has 0 bridgehead atoms. The minimum atomic E-state index is -0.897. The van der Waals surface area contributed by atoms with Crippen molar-refractivity contribution in [2.75, 3.05) is 25.0 Å². The van der Waals surface area contributed by atoms with E-state index in [0.29, 0.717) is 18.7 Å². The molecule has 3 N–H and O–H groups in total. The molecule has 0 radical (unpaired) electrons. The van der Waals surface area contributed by atoms with E-state index in [9.17, 15) is 14.4 Å². The highest BCUT2D eigenvalue weighted by molar-refractivity contribution is 9.10. The van der Waals surface area contributed by atoms with Crippen LogP contribution in [0.15, 0.2) is 28.7 Å². The van der Waals surface area contributed by atoms with Crippen LogP contribution in [0.5, 0.6) is 0 Å². The number of hydrogen-bond acceptors (Lipinski definition) is 3. The Kier molecular flexibility index (Phi) is 5.82. The zero-order chi connectivity index (χ0) is 17.7. The van der Waals surface area contributed by atoms with E-state index in [2.05, 4.69) is 26.6 Å². The molecule has 1 unspecified atom stereocenters. The second-order valence-corrected chi connectivity index (χ2v) is 6.99. The number of carboxylic acid groups (broad SMARTS) is 1. The molecule has 2 rings (SSSR count). The minimum absolute atomic E-state index is 0.145. The van der Waals surface area contributed by atoms with Gasteiger partial charge in [-0.05, 0) is 37.6 Å². The molecule has 1 fully saturated rings. The second kappa shape index (κ2) is 7.65. The third-order valence-corrected chi connectivity index (χ3v) is 4.56. The number of urea groups is 1. The Morgan fingerprint density at radius 2 is 1.96 bits per heavy atom. The van der Waals surface area contributed by atoms with E-state index < -0.39 is 11.4 Å². The number of halogens is 1. The van der Waals surface area contributed by atoms with E-state index in [4.69, 9.17) is 5.11 Å². The molecule has 1 aromatic carbocycles. The largest absolute Gasteiger partial charge is 0.481 e. The SMILES string of the molecule is CC1(C(=O)O)CCN(C(=O)NCCC(=O)Nc2ccc(Br)cc2)C1.